The van der Waals surface area contributed by atoms with Crippen LogP contribution in [0.25, 0.3) is 0 Å². The molecule has 2 aromatic carbocycles. The fourth-order valence-electron chi connectivity index (χ4n) is 4.34. The first kappa shape index (κ1) is 20.8. The standard InChI is InChI=1S/C23H25NO5S/c1-11-12(2)19-16(13(3)18(11)25)10-23(4,29-19)15-8-6-14(7-9-15)20(28-5)17-21(26)30-22(27)24-17/h6-9,17,20,25H,10H2,1-5H3,(H,24,27). The van der Waals surface area contributed by atoms with E-state index in [0.29, 0.717) is 23.9 Å². The Morgan fingerprint density at radius 3 is 2.40 bits per heavy atom. The second-order valence-corrected chi connectivity index (χ2v) is 9.13. The third-order valence-electron chi connectivity index (χ3n) is 6.31. The Hall–Kier alpha value is -2.51. The number of aromatic hydroxyl groups is 1. The molecule has 30 heavy (non-hydrogen) atoms. The molecule has 4 rings (SSSR count). The van der Waals surface area contributed by atoms with Crippen molar-refractivity contribution in [2.45, 2.75) is 51.9 Å². The largest absolute Gasteiger partial charge is 0.507 e. The molecule has 6 nitrogen and oxygen atoms in total. The first-order valence-electron chi connectivity index (χ1n) is 9.82. The molecule has 0 aliphatic carbocycles. The molecule has 2 aliphatic heterocycles. The lowest BCUT2D eigenvalue weighted by atomic mass is 9.87. The summed E-state index contributed by atoms with van der Waals surface area (Å²) in [4.78, 5) is 23.6. The molecule has 7 heteroatoms. The van der Waals surface area contributed by atoms with Gasteiger partial charge in [0.1, 0.15) is 29.2 Å². The van der Waals surface area contributed by atoms with Crippen LogP contribution < -0.4 is 10.1 Å². The molecular formula is C23H25NO5S. The molecule has 158 valence electrons. The lowest BCUT2D eigenvalue weighted by Gasteiger charge is -2.26. The summed E-state index contributed by atoms with van der Waals surface area (Å²) >= 11 is 0.678. The van der Waals surface area contributed by atoms with E-state index in [1.807, 2.05) is 52.0 Å². The number of methoxy groups -OCH3 is 1. The Morgan fingerprint density at radius 1 is 1.17 bits per heavy atom. The number of fused-ring (bicyclic) bond motifs is 1. The molecule has 0 bridgehead atoms. The summed E-state index contributed by atoms with van der Waals surface area (Å²) in [5.41, 5.74) is 4.93. The van der Waals surface area contributed by atoms with Crippen molar-refractivity contribution < 1.29 is 24.2 Å². The van der Waals surface area contributed by atoms with Crippen LogP contribution in [-0.2, 0) is 21.6 Å². The summed E-state index contributed by atoms with van der Waals surface area (Å²) in [6, 6.07) is 7.06. The van der Waals surface area contributed by atoms with Gasteiger partial charge in [0.05, 0.1) is 0 Å². The van der Waals surface area contributed by atoms with Gasteiger partial charge in [-0.2, -0.15) is 0 Å². The molecule has 3 atom stereocenters. The number of nitrogens with one attached hydrogen (secondary N) is 1. The smallest absolute Gasteiger partial charge is 0.287 e. The lowest BCUT2D eigenvalue weighted by Crippen LogP contribution is -2.36. The van der Waals surface area contributed by atoms with Crippen LogP contribution in [0.5, 0.6) is 11.5 Å². The van der Waals surface area contributed by atoms with Gasteiger partial charge in [-0.3, -0.25) is 9.59 Å². The van der Waals surface area contributed by atoms with Gasteiger partial charge in [-0.15, -0.1) is 0 Å². The third-order valence-corrected chi connectivity index (χ3v) is 7.07. The predicted octanol–water partition coefficient (Wildman–Crippen LogP) is 4.21. The normalized spacial score (nSPS) is 23.8. The van der Waals surface area contributed by atoms with Crippen molar-refractivity contribution >= 4 is 22.1 Å². The minimum Gasteiger partial charge on any atom is -0.507 e. The van der Waals surface area contributed by atoms with Crippen molar-refractivity contribution in [1.29, 1.82) is 0 Å². The number of amides is 1. The van der Waals surface area contributed by atoms with Crippen LogP contribution in [0.15, 0.2) is 24.3 Å². The van der Waals surface area contributed by atoms with Crippen LogP contribution in [0.1, 0.15) is 46.4 Å². The number of benzene rings is 2. The van der Waals surface area contributed by atoms with Gasteiger partial charge in [0.25, 0.3) is 5.24 Å². The lowest BCUT2D eigenvalue weighted by molar-refractivity contribution is -0.115. The van der Waals surface area contributed by atoms with E-state index in [2.05, 4.69) is 5.32 Å². The monoisotopic (exact) mass is 427 g/mol. The van der Waals surface area contributed by atoms with Gasteiger partial charge in [0.2, 0.25) is 5.12 Å². The minimum absolute atomic E-state index is 0.237. The average Bonchev–Trinajstić information content (AvgIpc) is 3.26. The number of ether oxygens (including phenoxy) is 2. The zero-order valence-electron chi connectivity index (χ0n) is 17.7. The second kappa shape index (κ2) is 7.32. The minimum atomic E-state index is -0.697. The summed E-state index contributed by atoms with van der Waals surface area (Å²) in [5, 5.41) is 12.5. The highest BCUT2D eigenvalue weighted by molar-refractivity contribution is 8.26. The topological polar surface area (TPSA) is 84.9 Å². The van der Waals surface area contributed by atoms with Crippen LogP contribution in [0, 0.1) is 20.8 Å². The van der Waals surface area contributed by atoms with Crippen LogP contribution in [-0.4, -0.2) is 28.6 Å². The summed E-state index contributed by atoms with van der Waals surface area (Å²) in [6.45, 7) is 7.83. The molecule has 1 saturated heterocycles. The molecule has 2 N–H and O–H groups in total. The van der Waals surface area contributed by atoms with Crippen molar-refractivity contribution in [3.63, 3.8) is 0 Å². The average molecular weight is 428 g/mol. The SMILES string of the molecule is COC(c1ccc(C2(C)Cc3c(C)c(O)c(C)c(C)c3O2)cc1)C1NC(=O)SC1=O. The molecule has 2 aromatic rings. The Morgan fingerprint density at radius 2 is 1.83 bits per heavy atom. The Kier molecular flexibility index (Phi) is 5.06. The van der Waals surface area contributed by atoms with Crippen molar-refractivity contribution in [2.75, 3.05) is 7.11 Å². The molecule has 0 aromatic heterocycles. The predicted molar refractivity (Wildman–Crippen MR) is 115 cm³/mol. The van der Waals surface area contributed by atoms with Crippen LogP contribution in [0.3, 0.4) is 0 Å². The number of carbonyl (C=O) groups is 2. The first-order chi connectivity index (χ1) is 14.2. The van der Waals surface area contributed by atoms with Crippen LogP contribution in [0.4, 0.5) is 4.79 Å². The van der Waals surface area contributed by atoms with Gasteiger partial charge in [0.15, 0.2) is 0 Å². The van der Waals surface area contributed by atoms with Crippen molar-refractivity contribution in [2.24, 2.45) is 0 Å². The molecule has 1 fully saturated rings. The molecule has 3 unspecified atom stereocenters. The zero-order valence-corrected chi connectivity index (χ0v) is 18.5. The molecule has 1 amide bonds. The molecule has 0 spiro atoms. The number of phenols is 1. The maximum absolute atomic E-state index is 12.1. The zero-order chi connectivity index (χ0) is 21.8. The van der Waals surface area contributed by atoms with E-state index in [4.69, 9.17) is 9.47 Å². The summed E-state index contributed by atoms with van der Waals surface area (Å²) < 4.78 is 12.0. The third kappa shape index (κ3) is 3.17. The maximum atomic E-state index is 12.1. The van der Waals surface area contributed by atoms with Gasteiger partial charge < -0.3 is 19.9 Å². The number of rotatable bonds is 4. The Bertz CT molecular complexity index is 1010. The van der Waals surface area contributed by atoms with Gasteiger partial charge in [-0.05, 0) is 55.5 Å². The Labute approximate surface area is 180 Å². The number of thioether (sulfide) groups is 1. The fourth-order valence-corrected chi connectivity index (χ4v) is 5.02. The summed E-state index contributed by atoms with van der Waals surface area (Å²) in [5.74, 6) is 1.18. The highest BCUT2D eigenvalue weighted by Crippen LogP contribution is 2.48. The van der Waals surface area contributed by atoms with E-state index in [-0.39, 0.29) is 10.4 Å². The summed E-state index contributed by atoms with van der Waals surface area (Å²) in [6.07, 6.45) is 0.105. The quantitative estimate of drug-likeness (QED) is 0.761. The first-order valence-corrected chi connectivity index (χ1v) is 10.6. The van der Waals surface area contributed by atoms with Crippen LogP contribution in [0.2, 0.25) is 0 Å². The number of carbonyl (C=O) groups excluding carboxylic acids is 2. The molecule has 0 radical (unpaired) electrons. The van der Waals surface area contributed by atoms with E-state index in [0.717, 1.165) is 39.1 Å². The van der Waals surface area contributed by atoms with E-state index in [1.54, 1.807) is 0 Å². The highest BCUT2D eigenvalue weighted by atomic mass is 32.2. The number of hydrogen-bond donors (Lipinski definition) is 2. The molecule has 2 heterocycles. The van der Waals surface area contributed by atoms with Gasteiger partial charge in [-0.25, -0.2) is 0 Å². The number of hydrogen-bond acceptors (Lipinski definition) is 6. The maximum Gasteiger partial charge on any atom is 0.287 e. The van der Waals surface area contributed by atoms with E-state index in [1.165, 1.54) is 7.11 Å². The molecule has 0 saturated carbocycles. The second-order valence-electron chi connectivity index (χ2n) is 8.15. The molecule has 2 aliphatic rings. The fraction of sp³-hybridized carbons (Fsp3) is 0.391. The molecular weight excluding hydrogens is 402 g/mol. The van der Waals surface area contributed by atoms with Crippen molar-refractivity contribution in [3.8, 4) is 11.5 Å². The summed E-state index contributed by atoms with van der Waals surface area (Å²) in [7, 11) is 1.53. The van der Waals surface area contributed by atoms with Gasteiger partial charge >= 0.3 is 0 Å². The van der Waals surface area contributed by atoms with Crippen molar-refractivity contribution in [3.05, 3.63) is 57.6 Å². The van der Waals surface area contributed by atoms with E-state index < -0.39 is 17.7 Å². The number of phenolic OH excluding ortho intramolecular Hbond substituents is 1. The van der Waals surface area contributed by atoms with Gasteiger partial charge in [0, 0.05) is 30.9 Å². The highest BCUT2D eigenvalue weighted by Gasteiger charge is 2.41. The van der Waals surface area contributed by atoms with E-state index >= 15 is 0 Å². The Balaban J connectivity index is 1.63. The van der Waals surface area contributed by atoms with Crippen molar-refractivity contribution in [1.82, 2.24) is 5.32 Å². The van der Waals surface area contributed by atoms with Crippen LogP contribution >= 0.6 is 11.8 Å². The van der Waals surface area contributed by atoms with E-state index in [9.17, 15) is 14.7 Å². The van der Waals surface area contributed by atoms with Gasteiger partial charge in [-0.1, -0.05) is 24.3 Å².